The van der Waals surface area contributed by atoms with Crippen molar-refractivity contribution >= 4 is 0 Å². The Bertz CT molecular complexity index is 402. The highest BCUT2D eigenvalue weighted by atomic mass is 15.1. The summed E-state index contributed by atoms with van der Waals surface area (Å²) in [7, 11) is 3.90. The van der Waals surface area contributed by atoms with Crippen LogP contribution in [0.5, 0.6) is 0 Å². The second-order valence-electron chi connectivity index (χ2n) is 4.67. The molecule has 0 heterocycles. The number of aryl methyl sites for hydroxylation is 2. The lowest BCUT2D eigenvalue weighted by Gasteiger charge is -2.24. The minimum atomic E-state index is -0.0675. The van der Waals surface area contributed by atoms with Crippen molar-refractivity contribution in [1.82, 2.24) is 4.90 Å². The summed E-state index contributed by atoms with van der Waals surface area (Å²) in [5.41, 5.74) is 3.83. The van der Waals surface area contributed by atoms with E-state index in [4.69, 9.17) is 5.26 Å². The minimum Gasteiger partial charge on any atom is -0.294 e. The van der Waals surface area contributed by atoms with Gasteiger partial charge in [0.05, 0.1) is 6.07 Å². The van der Waals surface area contributed by atoms with Crippen LogP contribution in [0.3, 0.4) is 0 Å². The number of nitriles is 1. The first-order chi connectivity index (χ1) is 7.47. The third kappa shape index (κ3) is 2.62. The highest BCUT2D eigenvalue weighted by Gasteiger charge is 2.20. The Labute approximate surface area is 98.5 Å². The van der Waals surface area contributed by atoms with Crippen molar-refractivity contribution in [3.8, 4) is 6.07 Å². The van der Waals surface area contributed by atoms with Crippen LogP contribution in [0.15, 0.2) is 18.2 Å². The maximum absolute atomic E-state index is 9.16. The van der Waals surface area contributed by atoms with E-state index in [2.05, 4.69) is 45.0 Å². The van der Waals surface area contributed by atoms with Crippen LogP contribution in [-0.4, -0.2) is 25.0 Å². The fourth-order valence-electron chi connectivity index (χ4n) is 1.90. The van der Waals surface area contributed by atoms with Gasteiger partial charge in [-0.15, -0.1) is 0 Å². The molecule has 0 N–H and O–H groups in total. The van der Waals surface area contributed by atoms with Crippen LogP contribution in [0, 0.1) is 25.2 Å². The quantitative estimate of drug-likeness (QED) is 0.777. The molecule has 0 amide bonds. The Hall–Kier alpha value is -1.33. The summed E-state index contributed by atoms with van der Waals surface area (Å²) in [6.07, 6.45) is 0. The van der Waals surface area contributed by atoms with Gasteiger partial charge in [-0.2, -0.15) is 5.26 Å². The molecule has 0 saturated carbocycles. The van der Waals surface area contributed by atoms with Gasteiger partial charge in [0.2, 0.25) is 0 Å². The van der Waals surface area contributed by atoms with Gasteiger partial charge in [0, 0.05) is 5.92 Å². The summed E-state index contributed by atoms with van der Waals surface area (Å²) in [5.74, 6) is 0.235. The zero-order chi connectivity index (χ0) is 12.3. The Kier molecular flexibility index (Phi) is 4.09. The topological polar surface area (TPSA) is 27.0 Å². The van der Waals surface area contributed by atoms with E-state index in [0.717, 1.165) is 0 Å². The van der Waals surface area contributed by atoms with Crippen molar-refractivity contribution in [2.45, 2.75) is 32.7 Å². The van der Waals surface area contributed by atoms with Crippen LogP contribution in [-0.2, 0) is 0 Å². The molecule has 1 aromatic rings. The van der Waals surface area contributed by atoms with Gasteiger partial charge in [-0.05, 0) is 44.6 Å². The first-order valence-electron chi connectivity index (χ1n) is 5.60. The summed E-state index contributed by atoms with van der Waals surface area (Å²) in [4.78, 5) is 1.97. The van der Waals surface area contributed by atoms with Gasteiger partial charge in [0.1, 0.15) is 6.04 Å². The lowest BCUT2D eigenvalue weighted by atomic mass is 9.91. The largest absolute Gasteiger partial charge is 0.294 e. The Morgan fingerprint density at radius 2 is 1.81 bits per heavy atom. The van der Waals surface area contributed by atoms with E-state index in [1.54, 1.807) is 0 Å². The number of hydrogen-bond acceptors (Lipinski definition) is 2. The van der Waals surface area contributed by atoms with E-state index < -0.39 is 0 Å². The predicted octanol–water partition coefficient (Wildman–Crippen LogP) is 2.86. The van der Waals surface area contributed by atoms with Crippen molar-refractivity contribution in [3.05, 3.63) is 34.9 Å². The van der Waals surface area contributed by atoms with Gasteiger partial charge in [-0.25, -0.2) is 0 Å². The molecule has 2 unspecified atom stereocenters. The number of nitrogens with zero attached hydrogens (tertiary/aromatic N) is 2. The first kappa shape index (κ1) is 12.7. The number of rotatable bonds is 3. The second-order valence-corrected chi connectivity index (χ2v) is 4.67. The Morgan fingerprint density at radius 1 is 1.19 bits per heavy atom. The molecule has 16 heavy (non-hydrogen) atoms. The first-order valence-corrected chi connectivity index (χ1v) is 5.60. The third-order valence-corrected chi connectivity index (χ3v) is 3.22. The molecule has 0 fully saturated rings. The normalized spacial score (nSPS) is 14.6. The molecule has 2 heteroatoms. The van der Waals surface area contributed by atoms with Gasteiger partial charge >= 0.3 is 0 Å². The smallest absolute Gasteiger partial charge is 0.104 e. The summed E-state index contributed by atoms with van der Waals surface area (Å²) in [5, 5.41) is 9.16. The number of hydrogen-bond donors (Lipinski definition) is 0. The summed E-state index contributed by atoms with van der Waals surface area (Å²) < 4.78 is 0. The van der Waals surface area contributed by atoms with Crippen LogP contribution in [0.1, 0.15) is 29.5 Å². The molecular weight excluding hydrogens is 196 g/mol. The summed E-state index contributed by atoms with van der Waals surface area (Å²) >= 11 is 0. The van der Waals surface area contributed by atoms with Gasteiger partial charge in [-0.3, -0.25) is 4.90 Å². The molecule has 1 rings (SSSR count). The SMILES string of the molecule is Cc1ccc(C(C)C(C#N)N(C)C)cc1C. The Morgan fingerprint density at radius 3 is 2.25 bits per heavy atom. The molecule has 2 nitrogen and oxygen atoms in total. The van der Waals surface area contributed by atoms with Crippen LogP contribution in [0.4, 0.5) is 0 Å². The van der Waals surface area contributed by atoms with Crippen molar-refractivity contribution in [2.24, 2.45) is 0 Å². The average molecular weight is 216 g/mol. The molecule has 0 aliphatic heterocycles. The maximum atomic E-state index is 9.16. The molecule has 0 saturated heterocycles. The van der Waals surface area contributed by atoms with Gasteiger partial charge in [0.25, 0.3) is 0 Å². The lowest BCUT2D eigenvalue weighted by molar-refractivity contribution is 0.316. The van der Waals surface area contributed by atoms with E-state index in [0.29, 0.717) is 0 Å². The molecule has 2 atom stereocenters. The van der Waals surface area contributed by atoms with E-state index >= 15 is 0 Å². The molecule has 0 radical (unpaired) electrons. The molecule has 1 aromatic carbocycles. The molecule has 0 aliphatic rings. The third-order valence-electron chi connectivity index (χ3n) is 3.22. The molecule has 0 bridgehead atoms. The van der Waals surface area contributed by atoms with Crippen LogP contribution < -0.4 is 0 Å². The van der Waals surface area contributed by atoms with Crippen molar-refractivity contribution in [1.29, 1.82) is 5.26 Å². The van der Waals surface area contributed by atoms with Crippen molar-refractivity contribution in [3.63, 3.8) is 0 Å². The predicted molar refractivity (Wildman–Crippen MR) is 67.4 cm³/mol. The fraction of sp³-hybridized carbons (Fsp3) is 0.500. The van der Waals surface area contributed by atoms with E-state index in [9.17, 15) is 0 Å². The molecule has 86 valence electrons. The summed E-state index contributed by atoms with van der Waals surface area (Å²) in [6, 6.07) is 8.74. The van der Waals surface area contributed by atoms with Crippen LogP contribution in [0.2, 0.25) is 0 Å². The molecular formula is C14H20N2. The van der Waals surface area contributed by atoms with Gasteiger partial charge < -0.3 is 0 Å². The monoisotopic (exact) mass is 216 g/mol. The molecule has 0 aliphatic carbocycles. The number of likely N-dealkylation sites (N-methyl/N-ethyl adjacent to an activating group) is 1. The van der Waals surface area contributed by atoms with Gasteiger partial charge in [0.15, 0.2) is 0 Å². The van der Waals surface area contributed by atoms with Crippen molar-refractivity contribution in [2.75, 3.05) is 14.1 Å². The second kappa shape index (κ2) is 5.14. The standard InChI is InChI=1S/C14H20N2/c1-10-6-7-13(8-11(10)2)12(3)14(9-15)16(4)5/h6-8,12,14H,1-5H3. The molecule has 0 aromatic heterocycles. The zero-order valence-corrected chi connectivity index (χ0v) is 10.8. The summed E-state index contributed by atoms with van der Waals surface area (Å²) in [6.45, 7) is 6.33. The van der Waals surface area contributed by atoms with Crippen molar-refractivity contribution < 1.29 is 0 Å². The lowest BCUT2D eigenvalue weighted by Crippen LogP contribution is -2.31. The molecule has 0 spiro atoms. The zero-order valence-electron chi connectivity index (χ0n) is 10.8. The van der Waals surface area contributed by atoms with Crippen LogP contribution >= 0.6 is 0 Å². The van der Waals surface area contributed by atoms with E-state index in [-0.39, 0.29) is 12.0 Å². The van der Waals surface area contributed by atoms with E-state index in [1.807, 2.05) is 19.0 Å². The highest BCUT2D eigenvalue weighted by Crippen LogP contribution is 2.23. The highest BCUT2D eigenvalue weighted by molar-refractivity contribution is 5.33. The van der Waals surface area contributed by atoms with E-state index in [1.165, 1.54) is 16.7 Å². The average Bonchev–Trinajstić information content (AvgIpc) is 2.22. The maximum Gasteiger partial charge on any atom is 0.104 e. The Balaban J connectivity index is 3.00. The number of benzene rings is 1. The fourth-order valence-corrected chi connectivity index (χ4v) is 1.90. The minimum absolute atomic E-state index is 0.0675. The van der Waals surface area contributed by atoms with Crippen LogP contribution in [0.25, 0.3) is 0 Å². The van der Waals surface area contributed by atoms with Gasteiger partial charge in [-0.1, -0.05) is 25.1 Å².